The highest BCUT2D eigenvalue weighted by molar-refractivity contribution is 5.97. The third-order valence-corrected chi connectivity index (χ3v) is 3.61. The number of nitrogens with zero attached hydrogens (tertiary/aromatic N) is 1. The zero-order valence-electron chi connectivity index (χ0n) is 14.9. The molecule has 0 spiro atoms. The summed E-state index contributed by atoms with van der Waals surface area (Å²) in [6, 6.07) is 9.09. The minimum absolute atomic E-state index is 0.0300. The molecule has 27 heavy (non-hydrogen) atoms. The topological polar surface area (TPSA) is 78.5 Å². The number of hydrogen-bond acceptors (Lipinski definition) is 3. The first-order valence-corrected chi connectivity index (χ1v) is 8.12. The van der Waals surface area contributed by atoms with Gasteiger partial charge in [0.05, 0.1) is 5.56 Å². The van der Waals surface area contributed by atoms with Crippen LogP contribution < -0.4 is 10.6 Å². The van der Waals surface area contributed by atoms with Gasteiger partial charge in [0.15, 0.2) is 0 Å². The Kier molecular flexibility index (Phi) is 6.59. The van der Waals surface area contributed by atoms with E-state index in [1.54, 1.807) is 38.4 Å². The largest absolute Gasteiger partial charge is 0.351 e. The number of carbonyl (C=O) groups excluding carboxylic acids is 3. The van der Waals surface area contributed by atoms with Crippen molar-refractivity contribution in [3.63, 3.8) is 0 Å². The number of anilines is 1. The molecule has 0 aromatic heterocycles. The van der Waals surface area contributed by atoms with E-state index in [1.165, 1.54) is 4.90 Å². The van der Waals surface area contributed by atoms with Gasteiger partial charge in [0.2, 0.25) is 5.91 Å². The highest BCUT2D eigenvalue weighted by atomic mass is 19.1. The van der Waals surface area contributed by atoms with Crippen molar-refractivity contribution in [2.45, 2.75) is 6.42 Å². The van der Waals surface area contributed by atoms with Crippen LogP contribution in [-0.2, 0) is 4.79 Å². The zero-order valence-corrected chi connectivity index (χ0v) is 14.9. The SMILES string of the molecule is CN(C)C(=O)c1cccc(NC(=O)CCNC(=O)c2ccc(F)cc2F)c1. The lowest BCUT2D eigenvalue weighted by Gasteiger charge is -2.12. The maximum atomic E-state index is 13.5. The Bertz CT molecular complexity index is 869. The first-order chi connectivity index (χ1) is 12.8. The predicted octanol–water partition coefficient (Wildman–Crippen LogP) is 2.43. The molecule has 2 N–H and O–H groups in total. The Labute approximate surface area is 155 Å². The predicted molar refractivity (Wildman–Crippen MR) is 96.4 cm³/mol. The maximum Gasteiger partial charge on any atom is 0.254 e. The Morgan fingerprint density at radius 3 is 2.44 bits per heavy atom. The summed E-state index contributed by atoms with van der Waals surface area (Å²) in [6.07, 6.45) is -0.0552. The lowest BCUT2D eigenvalue weighted by atomic mass is 10.1. The van der Waals surface area contributed by atoms with Crippen molar-refractivity contribution in [2.24, 2.45) is 0 Å². The molecule has 0 aliphatic carbocycles. The second kappa shape index (κ2) is 8.88. The summed E-state index contributed by atoms with van der Waals surface area (Å²) in [7, 11) is 3.25. The highest BCUT2D eigenvalue weighted by Gasteiger charge is 2.13. The second-order valence-electron chi connectivity index (χ2n) is 5.96. The quantitative estimate of drug-likeness (QED) is 0.814. The molecule has 0 bridgehead atoms. The van der Waals surface area contributed by atoms with Crippen LogP contribution in [0, 0.1) is 11.6 Å². The van der Waals surface area contributed by atoms with E-state index in [0.29, 0.717) is 17.3 Å². The molecule has 0 saturated carbocycles. The molecule has 0 saturated heterocycles. The van der Waals surface area contributed by atoms with Gasteiger partial charge in [-0.2, -0.15) is 0 Å². The normalized spacial score (nSPS) is 10.2. The molecule has 0 aliphatic rings. The second-order valence-corrected chi connectivity index (χ2v) is 5.96. The van der Waals surface area contributed by atoms with E-state index in [2.05, 4.69) is 10.6 Å². The summed E-state index contributed by atoms with van der Waals surface area (Å²) in [6.45, 7) is -0.0300. The van der Waals surface area contributed by atoms with E-state index in [1.807, 2.05) is 0 Å². The minimum Gasteiger partial charge on any atom is -0.351 e. The first kappa shape index (κ1) is 20.0. The van der Waals surface area contributed by atoms with Crippen molar-refractivity contribution >= 4 is 23.4 Å². The summed E-state index contributed by atoms with van der Waals surface area (Å²) >= 11 is 0. The number of rotatable bonds is 6. The number of nitrogens with one attached hydrogen (secondary N) is 2. The third kappa shape index (κ3) is 5.60. The van der Waals surface area contributed by atoms with Gasteiger partial charge in [-0.1, -0.05) is 6.07 Å². The fourth-order valence-electron chi connectivity index (χ4n) is 2.27. The Hall–Kier alpha value is -3.29. The van der Waals surface area contributed by atoms with Crippen LogP contribution in [0.5, 0.6) is 0 Å². The van der Waals surface area contributed by atoms with Crippen molar-refractivity contribution in [1.29, 1.82) is 0 Å². The molecular weight excluding hydrogens is 356 g/mol. The average molecular weight is 375 g/mol. The van der Waals surface area contributed by atoms with Crippen molar-refractivity contribution < 1.29 is 23.2 Å². The molecule has 2 aromatic carbocycles. The van der Waals surface area contributed by atoms with Crippen LogP contribution >= 0.6 is 0 Å². The van der Waals surface area contributed by atoms with Crippen molar-refractivity contribution in [1.82, 2.24) is 10.2 Å². The van der Waals surface area contributed by atoms with Crippen LogP contribution in [0.4, 0.5) is 14.5 Å². The smallest absolute Gasteiger partial charge is 0.254 e. The van der Waals surface area contributed by atoms with Crippen LogP contribution in [0.15, 0.2) is 42.5 Å². The van der Waals surface area contributed by atoms with Gasteiger partial charge in [0, 0.05) is 44.4 Å². The number of benzene rings is 2. The molecule has 0 unspecified atom stereocenters. The van der Waals surface area contributed by atoms with Crippen molar-refractivity contribution in [3.05, 3.63) is 65.2 Å². The fourth-order valence-corrected chi connectivity index (χ4v) is 2.27. The van der Waals surface area contributed by atoms with E-state index in [4.69, 9.17) is 0 Å². The van der Waals surface area contributed by atoms with Crippen LogP contribution in [0.2, 0.25) is 0 Å². The molecule has 2 rings (SSSR count). The Balaban J connectivity index is 1.87. The molecule has 0 heterocycles. The standard InChI is InChI=1S/C19H19F2N3O3/c1-24(2)19(27)12-4-3-5-14(10-12)23-17(25)8-9-22-18(26)15-7-6-13(20)11-16(15)21/h3-7,10-11H,8-9H2,1-2H3,(H,22,26)(H,23,25). The Morgan fingerprint density at radius 1 is 1.04 bits per heavy atom. The zero-order chi connectivity index (χ0) is 20.0. The van der Waals surface area contributed by atoms with Gasteiger partial charge in [-0.15, -0.1) is 0 Å². The van der Waals surface area contributed by atoms with E-state index in [0.717, 1.165) is 12.1 Å². The lowest BCUT2D eigenvalue weighted by Crippen LogP contribution is -2.28. The van der Waals surface area contributed by atoms with E-state index >= 15 is 0 Å². The van der Waals surface area contributed by atoms with Crippen LogP contribution in [0.3, 0.4) is 0 Å². The number of halogens is 2. The van der Waals surface area contributed by atoms with Gasteiger partial charge < -0.3 is 15.5 Å². The first-order valence-electron chi connectivity index (χ1n) is 8.12. The number of amides is 3. The van der Waals surface area contributed by atoms with Gasteiger partial charge in [-0.3, -0.25) is 14.4 Å². The van der Waals surface area contributed by atoms with Crippen LogP contribution in [0.25, 0.3) is 0 Å². The van der Waals surface area contributed by atoms with E-state index in [-0.39, 0.29) is 30.3 Å². The van der Waals surface area contributed by atoms with E-state index < -0.39 is 17.5 Å². The molecule has 6 nitrogen and oxygen atoms in total. The van der Waals surface area contributed by atoms with Crippen LogP contribution in [0.1, 0.15) is 27.1 Å². The molecule has 0 aliphatic heterocycles. The van der Waals surface area contributed by atoms with Gasteiger partial charge >= 0.3 is 0 Å². The molecule has 2 aromatic rings. The van der Waals surface area contributed by atoms with Crippen LogP contribution in [-0.4, -0.2) is 43.3 Å². The van der Waals surface area contributed by atoms with Crippen molar-refractivity contribution in [2.75, 3.05) is 26.0 Å². The molecular formula is C19H19F2N3O3. The van der Waals surface area contributed by atoms with Gasteiger partial charge in [0.1, 0.15) is 11.6 Å². The summed E-state index contributed by atoms with van der Waals surface area (Å²) in [5.41, 5.74) is 0.577. The summed E-state index contributed by atoms with van der Waals surface area (Å²) < 4.78 is 26.4. The molecule has 3 amide bonds. The third-order valence-electron chi connectivity index (χ3n) is 3.61. The van der Waals surface area contributed by atoms with Gasteiger partial charge in [0.25, 0.3) is 11.8 Å². The van der Waals surface area contributed by atoms with Gasteiger partial charge in [-0.05, 0) is 30.3 Å². The lowest BCUT2D eigenvalue weighted by molar-refractivity contribution is -0.116. The van der Waals surface area contributed by atoms with E-state index in [9.17, 15) is 23.2 Å². The molecule has 0 atom stereocenters. The minimum atomic E-state index is -0.973. The average Bonchev–Trinajstić information content (AvgIpc) is 2.61. The van der Waals surface area contributed by atoms with Crippen molar-refractivity contribution in [3.8, 4) is 0 Å². The summed E-state index contributed by atoms with van der Waals surface area (Å²) in [4.78, 5) is 37.2. The molecule has 142 valence electrons. The Morgan fingerprint density at radius 2 is 1.78 bits per heavy atom. The fraction of sp³-hybridized carbons (Fsp3) is 0.211. The monoisotopic (exact) mass is 375 g/mol. The molecule has 0 radical (unpaired) electrons. The highest BCUT2D eigenvalue weighted by Crippen LogP contribution is 2.12. The number of carbonyl (C=O) groups is 3. The molecule has 8 heteroatoms. The molecule has 0 fully saturated rings. The summed E-state index contributed by atoms with van der Waals surface area (Å²) in [5.74, 6) is -3.07. The number of hydrogen-bond donors (Lipinski definition) is 2. The summed E-state index contributed by atoms with van der Waals surface area (Å²) in [5, 5.41) is 5.02. The maximum absolute atomic E-state index is 13.5. The van der Waals surface area contributed by atoms with Gasteiger partial charge in [-0.25, -0.2) is 8.78 Å².